The third-order valence-electron chi connectivity index (χ3n) is 4.88. The van der Waals surface area contributed by atoms with Gasteiger partial charge >= 0.3 is 0 Å². The molecule has 1 aliphatic rings. The lowest BCUT2D eigenvalue weighted by Crippen LogP contribution is -2.22. The molecule has 1 unspecified atom stereocenters. The maximum atomic E-state index is 13.0. The van der Waals surface area contributed by atoms with Crippen molar-refractivity contribution in [1.29, 1.82) is 0 Å². The van der Waals surface area contributed by atoms with E-state index < -0.39 is 4.92 Å². The van der Waals surface area contributed by atoms with Gasteiger partial charge in [0.25, 0.3) is 5.69 Å². The molecule has 6 heteroatoms. The van der Waals surface area contributed by atoms with Crippen LogP contribution in [0.5, 0.6) is 0 Å². The number of hydrogen-bond donors (Lipinski definition) is 0. The van der Waals surface area contributed by atoms with E-state index in [1.54, 1.807) is 36.4 Å². The van der Waals surface area contributed by atoms with E-state index in [0.29, 0.717) is 27.6 Å². The number of nitrogens with zero attached hydrogens (tertiary/aromatic N) is 1. The predicted molar refractivity (Wildman–Crippen MR) is 105 cm³/mol. The van der Waals surface area contributed by atoms with E-state index in [9.17, 15) is 14.9 Å². The fourth-order valence-corrected chi connectivity index (χ4v) is 4.23. The quantitative estimate of drug-likeness (QED) is 0.413. The lowest BCUT2D eigenvalue weighted by molar-refractivity contribution is -0.384. The van der Waals surface area contributed by atoms with E-state index >= 15 is 0 Å². The summed E-state index contributed by atoms with van der Waals surface area (Å²) in [4.78, 5) is 23.4. The van der Waals surface area contributed by atoms with E-state index in [4.69, 9.17) is 23.2 Å². The molecular formula is C21H13Cl2NO3. The van der Waals surface area contributed by atoms with Gasteiger partial charge in [0.1, 0.15) is 0 Å². The Morgan fingerprint density at radius 1 is 0.926 bits per heavy atom. The van der Waals surface area contributed by atoms with Crippen LogP contribution in [-0.4, -0.2) is 10.7 Å². The third kappa shape index (κ3) is 3.01. The number of hydrogen-bond acceptors (Lipinski definition) is 3. The summed E-state index contributed by atoms with van der Waals surface area (Å²) in [6.07, 6.45) is 0.551. The van der Waals surface area contributed by atoms with Crippen molar-refractivity contribution >= 4 is 34.7 Å². The molecule has 27 heavy (non-hydrogen) atoms. The Hall–Kier alpha value is -2.69. The lowest BCUT2D eigenvalue weighted by atomic mass is 9.75. The Morgan fingerprint density at radius 2 is 1.59 bits per heavy atom. The molecular weight excluding hydrogens is 385 g/mol. The number of benzene rings is 3. The van der Waals surface area contributed by atoms with Crippen molar-refractivity contribution in [2.75, 3.05) is 0 Å². The largest absolute Gasteiger partial charge is 0.289 e. The number of carbonyl (C=O) groups is 1. The topological polar surface area (TPSA) is 60.2 Å². The van der Waals surface area contributed by atoms with Crippen LogP contribution in [0.2, 0.25) is 10.0 Å². The summed E-state index contributed by atoms with van der Waals surface area (Å²) in [5.74, 6) is -0.297. The number of halogens is 2. The SMILES string of the molecule is O=C1c2cccc(Cl)c2C(Cc2ccc([N+](=O)[O-])cc2)c2cccc(Cl)c21. The van der Waals surface area contributed by atoms with Crippen molar-refractivity contribution in [3.05, 3.63) is 109 Å². The second-order valence-electron chi connectivity index (χ2n) is 6.41. The molecule has 0 radical (unpaired) electrons. The van der Waals surface area contributed by atoms with Crippen LogP contribution in [0.15, 0.2) is 60.7 Å². The van der Waals surface area contributed by atoms with E-state index in [2.05, 4.69) is 0 Å². The highest BCUT2D eigenvalue weighted by Gasteiger charge is 2.34. The average molecular weight is 398 g/mol. The summed E-state index contributed by atoms with van der Waals surface area (Å²) >= 11 is 12.8. The highest BCUT2D eigenvalue weighted by atomic mass is 35.5. The van der Waals surface area contributed by atoms with Crippen LogP contribution in [0, 0.1) is 10.1 Å². The molecule has 4 nitrogen and oxygen atoms in total. The summed E-state index contributed by atoms with van der Waals surface area (Å²) in [6.45, 7) is 0. The molecule has 134 valence electrons. The molecule has 0 amide bonds. The van der Waals surface area contributed by atoms with Gasteiger partial charge < -0.3 is 0 Å². The van der Waals surface area contributed by atoms with Gasteiger partial charge in [-0.1, -0.05) is 59.6 Å². The molecule has 0 spiro atoms. The monoisotopic (exact) mass is 397 g/mol. The zero-order chi connectivity index (χ0) is 19.1. The lowest BCUT2D eigenvalue weighted by Gasteiger charge is -2.29. The smallest absolute Gasteiger partial charge is 0.269 e. The van der Waals surface area contributed by atoms with Gasteiger partial charge in [0.05, 0.1) is 9.95 Å². The fraction of sp³-hybridized carbons (Fsp3) is 0.0952. The fourth-order valence-electron chi connectivity index (χ4n) is 3.65. The number of carbonyl (C=O) groups excluding carboxylic acids is 1. The summed E-state index contributed by atoms with van der Waals surface area (Å²) in [6, 6.07) is 17.1. The van der Waals surface area contributed by atoms with Crippen molar-refractivity contribution in [3.63, 3.8) is 0 Å². The summed E-state index contributed by atoms with van der Waals surface area (Å²) in [5.41, 5.74) is 3.61. The van der Waals surface area contributed by atoms with Crippen LogP contribution >= 0.6 is 23.2 Å². The summed E-state index contributed by atoms with van der Waals surface area (Å²) in [7, 11) is 0. The molecule has 1 aliphatic carbocycles. The first-order valence-corrected chi connectivity index (χ1v) is 9.08. The van der Waals surface area contributed by atoms with Crippen molar-refractivity contribution in [3.8, 4) is 0 Å². The molecule has 3 aromatic carbocycles. The molecule has 0 saturated heterocycles. The Labute approximate surface area is 165 Å². The highest BCUT2D eigenvalue weighted by Crippen LogP contribution is 2.43. The molecule has 3 aromatic rings. The maximum Gasteiger partial charge on any atom is 0.269 e. The zero-order valence-corrected chi connectivity index (χ0v) is 15.5. The highest BCUT2D eigenvalue weighted by molar-refractivity contribution is 6.36. The van der Waals surface area contributed by atoms with E-state index in [0.717, 1.165) is 16.7 Å². The number of rotatable bonds is 3. The number of nitro groups is 1. The van der Waals surface area contributed by atoms with Crippen LogP contribution in [0.4, 0.5) is 5.69 Å². The molecule has 0 fully saturated rings. The summed E-state index contributed by atoms with van der Waals surface area (Å²) in [5, 5.41) is 11.8. The van der Waals surface area contributed by atoms with Gasteiger partial charge in [-0.2, -0.15) is 0 Å². The molecule has 4 rings (SSSR count). The van der Waals surface area contributed by atoms with Gasteiger partial charge in [0.2, 0.25) is 0 Å². The number of nitro benzene ring substituents is 1. The molecule has 0 aliphatic heterocycles. The molecule has 0 aromatic heterocycles. The molecule has 0 saturated carbocycles. The Balaban J connectivity index is 1.85. The van der Waals surface area contributed by atoms with Crippen LogP contribution in [0.1, 0.15) is 38.5 Å². The Morgan fingerprint density at radius 3 is 2.30 bits per heavy atom. The van der Waals surface area contributed by atoms with Gasteiger partial charge in [-0.25, -0.2) is 0 Å². The van der Waals surface area contributed by atoms with E-state index in [1.807, 2.05) is 12.1 Å². The molecule has 0 bridgehead atoms. The van der Waals surface area contributed by atoms with Gasteiger partial charge in [-0.3, -0.25) is 14.9 Å². The van der Waals surface area contributed by atoms with Gasteiger partial charge in [-0.05, 0) is 35.2 Å². The van der Waals surface area contributed by atoms with Gasteiger partial charge in [0.15, 0.2) is 5.78 Å². The van der Waals surface area contributed by atoms with Crippen molar-refractivity contribution in [2.24, 2.45) is 0 Å². The van der Waals surface area contributed by atoms with E-state index in [-0.39, 0.29) is 17.4 Å². The first kappa shape index (κ1) is 17.7. The van der Waals surface area contributed by atoms with Crippen LogP contribution in [0.3, 0.4) is 0 Å². The number of ketones is 1. The Bertz CT molecular complexity index is 1080. The minimum Gasteiger partial charge on any atom is -0.289 e. The maximum absolute atomic E-state index is 13.0. The van der Waals surface area contributed by atoms with Gasteiger partial charge in [-0.15, -0.1) is 0 Å². The number of fused-ring (bicyclic) bond motifs is 2. The Kier molecular flexibility index (Phi) is 4.46. The number of non-ortho nitro benzene ring substituents is 1. The van der Waals surface area contributed by atoms with Crippen molar-refractivity contribution < 1.29 is 9.72 Å². The van der Waals surface area contributed by atoms with Crippen LogP contribution in [-0.2, 0) is 6.42 Å². The van der Waals surface area contributed by atoms with Crippen LogP contribution in [0.25, 0.3) is 0 Å². The van der Waals surface area contributed by atoms with Crippen LogP contribution < -0.4 is 0 Å². The van der Waals surface area contributed by atoms with E-state index in [1.165, 1.54) is 12.1 Å². The molecule has 1 atom stereocenters. The normalized spacial score (nSPS) is 15.2. The van der Waals surface area contributed by atoms with Gasteiger partial charge in [0, 0.05) is 34.2 Å². The van der Waals surface area contributed by atoms with Crippen molar-refractivity contribution in [2.45, 2.75) is 12.3 Å². The average Bonchev–Trinajstić information content (AvgIpc) is 2.65. The predicted octanol–water partition coefficient (Wildman–Crippen LogP) is 5.82. The standard InChI is InChI=1S/C21H13Cl2NO3/c22-17-5-2-4-15-19(17)16(11-12-7-9-13(10-8-12)24(26)27)14-3-1-6-18(23)20(14)21(15)25/h1-10,16H,11H2. The minimum atomic E-state index is -0.426. The third-order valence-corrected chi connectivity index (χ3v) is 5.53. The first-order chi connectivity index (χ1) is 13.0. The first-order valence-electron chi connectivity index (χ1n) is 8.32. The summed E-state index contributed by atoms with van der Waals surface area (Å²) < 4.78 is 0. The van der Waals surface area contributed by atoms with Crippen molar-refractivity contribution in [1.82, 2.24) is 0 Å². The molecule has 0 N–H and O–H groups in total. The molecule has 0 heterocycles. The second-order valence-corrected chi connectivity index (χ2v) is 7.23. The minimum absolute atomic E-state index is 0.0412. The second kappa shape index (κ2) is 6.80. The zero-order valence-electron chi connectivity index (χ0n) is 14.0.